The Kier molecular flexibility index (Phi) is 21.7. The van der Waals surface area contributed by atoms with Gasteiger partial charge in [-0.1, -0.05) is 63.6 Å². The van der Waals surface area contributed by atoms with Gasteiger partial charge in [-0.15, -0.1) is 0 Å². The van der Waals surface area contributed by atoms with Gasteiger partial charge in [-0.3, -0.25) is 14.9 Å². The molecule has 522 valence electrons. The van der Waals surface area contributed by atoms with Crippen LogP contribution in [0, 0.1) is 57.0 Å². The summed E-state index contributed by atoms with van der Waals surface area (Å²) in [5.41, 5.74) is -3.49. The largest absolute Gasteiger partial charge is 0.511 e. The maximum absolute atomic E-state index is 15.7. The molecular weight excluding hydrogens is 1220 g/mol. The first kappa shape index (κ1) is 71.4. The number of alkyl carbamates (subject to hydrolysis) is 1. The third kappa shape index (κ3) is 13.7. The van der Waals surface area contributed by atoms with Gasteiger partial charge in [0.25, 0.3) is 0 Å². The van der Waals surface area contributed by atoms with E-state index in [-0.39, 0.29) is 63.4 Å². The number of amides is 1. The van der Waals surface area contributed by atoms with Crippen LogP contribution in [0.25, 0.3) is 0 Å². The predicted octanol–water partition coefficient (Wildman–Crippen LogP) is 5.45. The molecule has 6 aliphatic heterocycles. The van der Waals surface area contributed by atoms with E-state index in [0.717, 1.165) is 12.7 Å². The summed E-state index contributed by atoms with van der Waals surface area (Å²) in [6.07, 6.45) is -8.05. The number of carbonyl (C=O) groups excluding carboxylic acids is 3. The number of hydrogen-bond acceptors (Lipinski definition) is 24. The van der Waals surface area contributed by atoms with E-state index >= 15 is 4.79 Å². The number of nitro groups is 1. The van der Waals surface area contributed by atoms with Crippen molar-refractivity contribution < 1.29 is 112 Å². The van der Waals surface area contributed by atoms with Crippen LogP contribution in [0.2, 0.25) is 0 Å². The number of Topliss-reactive ketones (excluding diaryl/α,β-unsaturated/α-hetero) is 1. The lowest BCUT2D eigenvalue weighted by atomic mass is 9.49. The van der Waals surface area contributed by atoms with Crippen molar-refractivity contribution in [3.05, 3.63) is 68.5 Å². The topological polar surface area (TPSA) is 348 Å². The zero-order valence-corrected chi connectivity index (χ0v) is 55.9. The Morgan fingerprint density at radius 2 is 1.28 bits per heavy atom. The molecule has 28 unspecified atom stereocenters. The maximum Gasteiger partial charge on any atom is 0.407 e. The van der Waals surface area contributed by atoms with Crippen LogP contribution >= 0.6 is 0 Å². The van der Waals surface area contributed by atoms with Gasteiger partial charge in [-0.05, 0) is 96.1 Å². The third-order valence-corrected chi connectivity index (χ3v) is 22.3. The molecule has 1 spiro atoms. The quantitative estimate of drug-likeness (QED) is 0.0373. The second-order valence-electron chi connectivity index (χ2n) is 28.6. The summed E-state index contributed by atoms with van der Waals surface area (Å²) in [6.45, 7) is 21.2. The minimum atomic E-state index is -1.84. The molecule has 7 fully saturated rings. The first-order valence-electron chi connectivity index (χ1n) is 33.2. The number of esters is 1. The van der Waals surface area contributed by atoms with Gasteiger partial charge in [-0.25, -0.2) is 9.59 Å². The number of ether oxygens (including phenoxy) is 13. The third-order valence-electron chi connectivity index (χ3n) is 22.3. The van der Waals surface area contributed by atoms with Crippen LogP contribution in [0.1, 0.15) is 134 Å². The highest BCUT2D eigenvalue weighted by atomic mass is 16.8. The van der Waals surface area contributed by atoms with E-state index in [1.807, 2.05) is 32.9 Å². The summed E-state index contributed by atoms with van der Waals surface area (Å²) < 4.78 is 82.0. The molecule has 4 aliphatic carbocycles. The summed E-state index contributed by atoms with van der Waals surface area (Å²) in [6, 6.07) is -1.09. The first-order chi connectivity index (χ1) is 43.9. The zero-order valence-electron chi connectivity index (χ0n) is 55.9. The number of rotatable bonds is 14. The zero-order chi connectivity index (χ0) is 67.7. The van der Waals surface area contributed by atoms with E-state index in [1.165, 1.54) is 14.0 Å². The molecule has 26 nitrogen and oxygen atoms in total. The first-order valence-corrected chi connectivity index (χ1v) is 33.2. The Bertz CT molecular complexity index is 2880. The van der Waals surface area contributed by atoms with Crippen molar-refractivity contribution in [1.82, 2.24) is 5.32 Å². The summed E-state index contributed by atoms with van der Waals surface area (Å²) >= 11 is 0. The Hall–Kier alpha value is -4.33. The van der Waals surface area contributed by atoms with Crippen LogP contribution in [0.4, 0.5) is 4.79 Å². The summed E-state index contributed by atoms with van der Waals surface area (Å²) in [5, 5.41) is 83.6. The summed E-state index contributed by atoms with van der Waals surface area (Å²) in [7, 11) is 2.66. The highest BCUT2D eigenvalue weighted by Crippen LogP contribution is 2.61. The number of fused-ring (bicyclic) bond motifs is 4. The number of nitrogens with one attached hydrogen (secondary N) is 1. The molecule has 1 amide bonds. The fraction of sp³-hybridized carbons (Fsp3) is 0.806. The lowest BCUT2D eigenvalue weighted by Crippen LogP contribution is -2.65. The van der Waals surface area contributed by atoms with E-state index in [4.69, 9.17) is 61.6 Å². The Labute approximate surface area is 543 Å². The van der Waals surface area contributed by atoms with E-state index in [9.17, 15) is 50.3 Å². The van der Waals surface area contributed by atoms with Gasteiger partial charge in [-0.2, -0.15) is 0 Å². The lowest BCUT2D eigenvalue weighted by Gasteiger charge is -2.56. The van der Waals surface area contributed by atoms with Crippen molar-refractivity contribution in [3.8, 4) is 0 Å². The van der Waals surface area contributed by atoms with Crippen LogP contribution in [0.15, 0.2) is 58.4 Å². The Balaban J connectivity index is 0.943. The number of hydrogen-bond donors (Lipinski definition) is 7. The number of methoxy groups -OCH3 is 2. The van der Waals surface area contributed by atoms with Crippen LogP contribution in [-0.2, 0) is 71.2 Å². The number of ketones is 1. The van der Waals surface area contributed by atoms with Gasteiger partial charge in [0.1, 0.15) is 41.8 Å². The van der Waals surface area contributed by atoms with Crippen molar-refractivity contribution in [2.75, 3.05) is 20.8 Å². The molecule has 7 N–H and O–H groups in total. The number of aliphatic hydroxyl groups is 6. The monoisotopic (exact) mass is 1320 g/mol. The van der Waals surface area contributed by atoms with Gasteiger partial charge in [0, 0.05) is 74.2 Å². The fourth-order valence-electron chi connectivity index (χ4n) is 17.2. The van der Waals surface area contributed by atoms with E-state index in [2.05, 4.69) is 25.2 Å². The Morgan fingerprint density at radius 3 is 1.92 bits per heavy atom. The molecular formula is C67H100N2O24. The molecule has 0 radical (unpaired) electrons. The molecule has 0 aromatic rings. The van der Waals surface area contributed by atoms with Crippen LogP contribution in [0.3, 0.4) is 0 Å². The van der Waals surface area contributed by atoms with Crippen molar-refractivity contribution >= 4 is 17.8 Å². The Morgan fingerprint density at radius 1 is 0.688 bits per heavy atom. The standard InChI is InChI=1S/C67H100N2O24/c1-29-15-18-45(88-52-27-65(11,69(79)80)60(38(10)87-52)68-64(78)82-14)30(2)20-40-21-39(28-70)33(5)26-67(40)62(76)53(63(77)93-67)61(75)66(12)42(29)17-16-41-54(66)31(3)19-32(4)57(41)91-51-24-46(56(74)35(7)84-51)89-50-25-47(90-48-22-43(71)55(73)34(6)83-48)59(37(9)86-50)92-49-23-44(72)58(81-13)36(8)85-49/h15-17,20-21,31-38,40-52,54-60,70-75H,18-19,22-28H2,1-14H3,(H,68,78)/t31?,32?,33?,34?,35?,36?,37?,38?,40?,41?,42?,43?,44?,45?,46?,47?,48?,49?,50?,51?,52?,54?,55?,56?,57?,58?,59?,60?,65-,66+,67-/m0/s1. The molecule has 1 saturated carbocycles. The highest BCUT2D eigenvalue weighted by molar-refractivity contribution is 6.26. The van der Waals surface area contributed by atoms with Crippen LogP contribution in [-0.4, -0.2) is 214 Å². The minimum absolute atomic E-state index is 0.00999. The number of aliphatic hydroxyl groups excluding tert-OH is 6. The molecule has 31 atom stereocenters. The fourth-order valence-corrected chi connectivity index (χ4v) is 17.2. The maximum atomic E-state index is 15.7. The van der Waals surface area contributed by atoms with Crippen molar-refractivity contribution in [2.45, 2.75) is 275 Å². The number of nitrogens with zero attached hydrogens (tertiary/aromatic N) is 1. The van der Waals surface area contributed by atoms with Gasteiger partial charge in [0.2, 0.25) is 11.3 Å². The van der Waals surface area contributed by atoms with E-state index in [0.29, 0.717) is 17.6 Å². The molecule has 6 saturated heterocycles. The van der Waals surface area contributed by atoms with Crippen LogP contribution in [0.5, 0.6) is 0 Å². The SMILES string of the molecule is COC(=O)NC1C(C)OC(OC2CC=C(C)C3C=CC4C(OC5CC(OC6CC(OC7CC(O)C(O)C(C)O7)C(OC7CC(O)C(OC)C(C)O7)C(C)O6)C(O)C(C)O5)C(C)CC(C)C4[C@]3(C)C(O)=C3C(=O)O[C@]4(CC(C)C(CO)=CC4C=C2C)C3=O)C[C@]1(C)[N+](=O)[O-]. The minimum Gasteiger partial charge on any atom is -0.511 e. The van der Waals surface area contributed by atoms with Crippen molar-refractivity contribution in [1.29, 1.82) is 0 Å². The van der Waals surface area contributed by atoms with Gasteiger partial charge in [0.05, 0.1) is 87.3 Å². The second-order valence-corrected chi connectivity index (χ2v) is 28.6. The van der Waals surface area contributed by atoms with Crippen molar-refractivity contribution in [3.63, 3.8) is 0 Å². The van der Waals surface area contributed by atoms with Crippen molar-refractivity contribution in [2.24, 2.45) is 46.8 Å². The molecule has 10 aliphatic rings. The van der Waals surface area contributed by atoms with Crippen LogP contribution < -0.4 is 5.32 Å². The summed E-state index contributed by atoms with van der Waals surface area (Å²) in [5.74, 6) is -5.33. The number of allylic oxidation sites excluding steroid dienone is 3. The molecule has 2 bridgehead atoms. The van der Waals surface area contributed by atoms with Gasteiger partial charge in [0.15, 0.2) is 37.1 Å². The predicted molar refractivity (Wildman–Crippen MR) is 327 cm³/mol. The highest BCUT2D eigenvalue weighted by Gasteiger charge is 2.64. The molecule has 26 heteroatoms. The normalized spacial score (nSPS) is 48.0. The van der Waals surface area contributed by atoms with Gasteiger partial charge >= 0.3 is 12.1 Å². The smallest absolute Gasteiger partial charge is 0.407 e. The molecule has 0 aromatic carbocycles. The average molecular weight is 1320 g/mol. The number of carbonyl (C=O) groups is 3. The van der Waals surface area contributed by atoms with Gasteiger partial charge < -0.3 is 97.5 Å². The summed E-state index contributed by atoms with van der Waals surface area (Å²) in [4.78, 5) is 55.4. The van der Waals surface area contributed by atoms with E-state index < -0.39 is 209 Å². The van der Waals surface area contributed by atoms with E-state index in [1.54, 1.807) is 53.7 Å². The molecule has 10 rings (SSSR count). The average Bonchev–Trinajstić information content (AvgIpc) is 1.70. The molecule has 6 heterocycles. The lowest BCUT2D eigenvalue weighted by molar-refractivity contribution is -0.584. The molecule has 93 heavy (non-hydrogen) atoms. The second kappa shape index (κ2) is 28.3. The molecule has 0 aromatic heterocycles.